The molecule has 174 valence electrons. The van der Waals surface area contributed by atoms with E-state index in [4.69, 9.17) is 14.2 Å². The number of ether oxygens (including phenoxy) is 3. The maximum atomic E-state index is 12.4. The molecule has 0 unspecified atom stereocenters. The first-order chi connectivity index (χ1) is 15.6. The molecule has 2 rings (SSSR count). The van der Waals surface area contributed by atoms with Crippen LogP contribution in [0.15, 0.2) is 60.9 Å². The number of carbonyl (C=O) groups excluding carboxylic acids is 1. The van der Waals surface area contributed by atoms with Crippen LogP contribution in [0, 0.1) is 5.92 Å². The van der Waals surface area contributed by atoms with Gasteiger partial charge in [0, 0.05) is 0 Å². The molecule has 2 aromatic rings. The summed E-state index contributed by atoms with van der Waals surface area (Å²) in [6.45, 7) is 7.37. The summed E-state index contributed by atoms with van der Waals surface area (Å²) in [4.78, 5) is 12.4. The number of rotatable bonds is 15. The van der Waals surface area contributed by atoms with Crippen LogP contribution < -0.4 is 14.2 Å². The molecule has 0 aliphatic heterocycles. The highest BCUT2D eigenvalue weighted by Crippen LogP contribution is 2.20. The third kappa shape index (κ3) is 10.0. The Hall–Kier alpha value is -2.75. The third-order valence-corrected chi connectivity index (χ3v) is 5.46. The minimum atomic E-state index is -0.394. The molecular weight excluding hydrogens is 400 g/mol. The molecule has 0 aliphatic carbocycles. The Morgan fingerprint density at radius 2 is 1.56 bits per heavy atom. The zero-order valence-corrected chi connectivity index (χ0v) is 19.8. The van der Waals surface area contributed by atoms with Crippen molar-refractivity contribution in [2.45, 2.75) is 72.1 Å². The molecule has 0 N–H and O–H groups in total. The molecule has 0 amide bonds. The molecule has 32 heavy (non-hydrogen) atoms. The van der Waals surface area contributed by atoms with Crippen LogP contribution in [0.25, 0.3) is 0 Å². The van der Waals surface area contributed by atoms with Gasteiger partial charge in [0.2, 0.25) is 0 Å². The largest absolute Gasteiger partial charge is 0.494 e. The molecule has 0 aromatic heterocycles. The lowest BCUT2D eigenvalue weighted by Gasteiger charge is -2.10. The van der Waals surface area contributed by atoms with Gasteiger partial charge in [-0.05, 0) is 86.2 Å². The molecule has 2 aromatic carbocycles. The van der Waals surface area contributed by atoms with Gasteiger partial charge < -0.3 is 14.2 Å². The summed E-state index contributed by atoms with van der Waals surface area (Å²) in [6, 6.07) is 14.1. The van der Waals surface area contributed by atoms with Gasteiger partial charge in [-0.25, -0.2) is 4.79 Å². The van der Waals surface area contributed by atoms with Crippen LogP contribution >= 0.6 is 0 Å². The lowest BCUT2D eigenvalue weighted by atomic mass is 10.0. The Kier molecular flexibility index (Phi) is 12.1. The minimum absolute atomic E-state index is 0.394. The standard InChI is InChI=1S/C28H38O4/c1-4-6-7-8-9-10-21-30-26-17-19-27(20-18-26)32-28(29)24-13-15-25(16-14-24)31-22-11-12-23(3)5-2/h10,13-21,23H,4-9,11-12,22H2,1-3H3/b21-10+/t23-/m0/s1. The van der Waals surface area contributed by atoms with Crippen molar-refractivity contribution < 1.29 is 19.0 Å². The number of unbranched alkanes of at least 4 members (excludes halogenated alkanes) is 4. The van der Waals surface area contributed by atoms with Crippen molar-refractivity contribution in [3.63, 3.8) is 0 Å². The zero-order chi connectivity index (χ0) is 23.0. The van der Waals surface area contributed by atoms with E-state index in [2.05, 4.69) is 20.8 Å². The van der Waals surface area contributed by atoms with Crippen LogP contribution in [0.5, 0.6) is 17.2 Å². The highest BCUT2D eigenvalue weighted by molar-refractivity contribution is 5.91. The van der Waals surface area contributed by atoms with E-state index >= 15 is 0 Å². The first kappa shape index (κ1) is 25.5. The van der Waals surface area contributed by atoms with E-state index < -0.39 is 5.97 Å². The molecule has 0 bridgehead atoms. The van der Waals surface area contributed by atoms with Crippen LogP contribution in [0.4, 0.5) is 0 Å². The Morgan fingerprint density at radius 1 is 0.875 bits per heavy atom. The molecule has 4 heteroatoms. The van der Waals surface area contributed by atoms with Gasteiger partial charge in [-0.15, -0.1) is 0 Å². The molecule has 1 atom stereocenters. The second-order valence-corrected chi connectivity index (χ2v) is 8.23. The van der Waals surface area contributed by atoms with Crippen molar-refractivity contribution in [2.75, 3.05) is 6.61 Å². The third-order valence-electron chi connectivity index (χ3n) is 5.46. The van der Waals surface area contributed by atoms with Crippen LogP contribution in [0.2, 0.25) is 0 Å². The Balaban J connectivity index is 1.73. The minimum Gasteiger partial charge on any atom is -0.494 e. The number of benzene rings is 2. The van der Waals surface area contributed by atoms with E-state index in [9.17, 15) is 4.79 Å². The Labute approximate surface area is 193 Å². The lowest BCUT2D eigenvalue weighted by molar-refractivity contribution is 0.0734. The summed E-state index contributed by atoms with van der Waals surface area (Å²) in [5.74, 6) is 2.30. The average molecular weight is 439 g/mol. The number of hydrogen-bond donors (Lipinski definition) is 0. The molecule has 0 saturated heterocycles. The van der Waals surface area contributed by atoms with Crippen molar-refractivity contribution in [1.82, 2.24) is 0 Å². The number of allylic oxidation sites excluding steroid dienone is 1. The fourth-order valence-electron chi connectivity index (χ4n) is 3.15. The second-order valence-electron chi connectivity index (χ2n) is 8.23. The van der Waals surface area contributed by atoms with Gasteiger partial charge in [0.25, 0.3) is 0 Å². The molecule has 0 saturated carbocycles. The SMILES string of the molecule is CCCCCC/C=C/Oc1ccc(OC(=O)c2ccc(OCCC[C@@H](C)CC)cc2)cc1. The van der Waals surface area contributed by atoms with E-state index in [-0.39, 0.29) is 0 Å². The van der Waals surface area contributed by atoms with Gasteiger partial charge in [-0.1, -0.05) is 46.5 Å². The van der Waals surface area contributed by atoms with Crippen molar-refractivity contribution in [1.29, 1.82) is 0 Å². The van der Waals surface area contributed by atoms with Crippen molar-refractivity contribution in [2.24, 2.45) is 5.92 Å². The summed E-state index contributed by atoms with van der Waals surface area (Å²) in [5.41, 5.74) is 0.489. The molecule has 0 heterocycles. The van der Waals surface area contributed by atoms with Gasteiger partial charge in [0.1, 0.15) is 17.2 Å². The molecule has 0 fully saturated rings. The average Bonchev–Trinajstić information content (AvgIpc) is 2.82. The van der Waals surface area contributed by atoms with Gasteiger partial charge >= 0.3 is 5.97 Å². The quantitative estimate of drug-likeness (QED) is 0.122. The van der Waals surface area contributed by atoms with Crippen LogP contribution in [-0.2, 0) is 0 Å². The van der Waals surface area contributed by atoms with Crippen LogP contribution in [-0.4, -0.2) is 12.6 Å². The summed E-state index contributed by atoms with van der Waals surface area (Å²) >= 11 is 0. The predicted octanol–water partition coefficient (Wildman–Crippen LogP) is 7.97. The Bertz CT molecular complexity index is 793. The normalized spacial score (nSPS) is 12.0. The number of hydrogen-bond acceptors (Lipinski definition) is 4. The fraction of sp³-hybridized carbons (Fsp3) is 0.464. The Morgan fingerprint density at radius 3 is 2.25 bits per heavy atom. The zero-order valence-electron chi connectivity index (χ0n) is 19.8. The van der Waals surface area contributed by atoms with Gasteiger partial charge in [0.15, 0.2) is 0 Å². The fourth-order valence-corrected chi connectivity index (χ4v) is 3.15. The van der Waals surface area contributed by atoms with Crippen molar-refractivity contribution in [3.05, 3.63) is 66.4 Å². The van der Waals surface area contributed by atoms with Crippen molar-refractivity contribution >= 4 is 5.97 Å². The van der Waals surface area contributed by atoms with E-state index in [1.807, 2.05) is 18.2 Å². The van der Waals surface area contributed by atoms with Gasteiger partial charge in [0.05, 0.1) is 18.4 Å². The maximum absolute atomic E-state index is 12.4. The lowest BCUT2D eigenvalue weighted by Crippen LogP contribution is -2.08. The molecular formula is C28H38O4. The topological polar surface area (TPSA) is 44.8 Å². The van der Waals surface area contributed by atoms with E-state index in [1.165, 1.54) is 38.5 Å². The molecule has 0 aliphatic rings. The number of esters is 1. The molecule has 0 radical (unpaired) electrons. The van der Waals surface area contributed by atoms with E-state index in [1.54, 1.807) is 42.7 Å². The van der Waals surface area contributed by atoms with Crippen molar-refractivity contribution in [3.8, 4) is 17.2 Å². The van der Waals surface area contributed by atoms with E-state index in [0.717, 1.165) is 24.5 Å². The molecule has 4 nitrogen and oxygen atoms in total. The van der Waals surface area contributed by atoms with Gasteiger partial charge in [-0.2, -0.15) is 0 Å². The monoisotopic (exact) mass is 438 g/mol. The van der Waals surface area contributed by atoms with Crippen LogP contribution in [0.1, 0.15) is 82.5 Å². The van der Waals surface area contributed by atoms with E-state index in [0.29, 0.717) is 23.7 Å². The molecule has 0 spiro atoms. The smallest absolute Gasteiger partial charge is 0.343 e. The summed E-state index contributed by atoms with van der Waals surface area (Å²) < 4.78 is 16.8. The maximum Gasteiger partial charge on any atom is 0.343 e. The first-order valence-corrected chi connectivity index (χ1v) is 12.0. The predicted molar refractivity (Wildman–Crippen MR) is 131 cm³/mol. The number of carbonyl (C=O) groups is 1. The van der Waals surface area contributed by atoms with Gasteiger partial charge in [-0.3, -0.25) is 0 Å². The highest BCUT2D eigenvalue weighted by Gasteiger charge is 2.09. The summed E-state index contributed by atoms with van der Waals surface area (Å²) in [7, 11) is 0. The summed E-state index contributed by atoms with van der Waals surface area (Å²) in [6.07, 6.45) is 13.2. The van der Waals surface area contributed by atoms with Crippen LogP contribution in [0.3, 0.4) is 0 Å². The second kappa shape index (κ2) is 15.1. The first-order valence-electron chi connectivity index (χ1n) is 12.0. The highest BCUT2D eigenvalue weighted by atomic mass is 16.5. The summed E-state index contributed by atoms with van der Waals surface area (Å²) in [5, 5.41) is 0.